The van der Waals surface area contributed by atoms with Gasteiger partial charge < -0.3 is 15.5 Å². The standard InChI is InChI=1S/C19H12ClN3O3S/c20-16-8-7-15(27-16)17(24)10-1-3-11(4-2-10)18-22-13-6-5-12(26-19(21)25)9-14(13)23-18/h1-9H,(H2,21,25)(H,22,23). The van der Waals surface area contributed by atoms with E-state index < -0.39 is 6.09 Å². The molecule has 6 nitrogen and oxygen atoms in total. The lowest BCUT2D eigenvalue weighted by molar-refractivity contribution is 0.104. The van der Waals surface area contributed by atoms with Gasteiger partial charge in [-0.25, -0.2) is 9.78 Å². The fourth-order valence-electron chi connectivity index (χ4n) is 2.66. The molecule has 4 aromatic rings. The first-order valence-electron chi connectivity index (χ1n) is 7.87. The van der Waals surface area contributed by atoms with Crippen LogP contribution in [0.5, 0.6) is 5.75 Å². The molecule has 3 N–H and O–H groups in total. The molecule has 0 unspecified atom stereocenters. The van der Waals surface area contributed by atoms with E-state index in [2.05, 4.69) is 9.97 Å². The number of carbonyl (C=O) groups excluding carboxylic acids is 2. The van der Waals surface area contributed by atoms with Crippen LogP contribution in [0.1, 0.15) is 15.2 Å². The maximum Gasteiger partial charge on any atom is 0.409 e. The number of ketones is 1. The molecule has 0 saturated heterocycles. The van der Waals surface area contributed by atoms with Crippen molar-refractivity contribution in [3.63, 3.8) is 0 Å². The summed E-state index contributed by atoms with van der Waals surface area (Å²) >= 11 is 7.15. The second-order valence-corrected chi connectivity index (χ2v) is 7.41. The largest absolute Gasteiger partial charge is 0.410 e. The molecule has 4 rings (SSSR count). The van der Waals surface area contributed by atoms with Crippen LogP contribution in [0.15, 0.2) is 54.6 Å². The molecule has 134 valence electrons. The van der Waals surface area contributed by atoms with Crippen LogP contribution in [0.2, 0.25) is 4.34 Å². The fourth-order valence-corrected chi connectivity index (χ4v) is 3.67. The highest BCUT2D eigenvalue weighted by Gasteiger charge is 2.13. The summed E-state index contributed by atoms with van der Waals surface area (Å²) in [7, 11) is 0. The second-order valence-electron chi connectivity index (χ2n) is 5.70. The lowest BCUT2D eigenvalue weighted by atomic mass is 10.1. The number of hydrogen-bond acceptors (Lipinski definition) is 5. The Morgan fingerprint density at radius 3 is 2.52 bits per heavy atom. The van der Waals surface area contributed by atoms with Gasteiger partial charge in [-0.15, -0.1) is 11.3 Å². The lowest BCUT2D eigenvalue weighted by Crippen LogP contribution is -2.16. The molecule has 0 radical (unpaired) electrons. The van der Waals surface area contributed by atoms with E-state index in [1.807, 2.05) is 12.1 Å². The molecule has 2 aromatic heterocycles. The number of primary amides is 1. The second kappa shape index (κ2) is 6.86. The molecular formula is C19H12ClN3O3S. The van der Waals surface area contributed by atoms with Crippen molar-refractivity contribution in [1.82, 2.24) is 9.97 Å². The number of carbonyl (C=O) groups is 2. The SMILES string of the molecule is NC(=O)Oc1ccc2nc(-c3ccc(C(=O)c4ccc(Cl)s4)cc3)[nH]c2c1. The first-order chi connectivity index (χ1) is 13.0. The predicted molar refractivity (Wildman–Crippen MR) is 105 cm³/mol. The molecule has 0 atom stereocenters. The molecule has 0 aliphatic rings. The number of amides is 1. The van der Waals surface area contributed by atoms with Crippen molar-refractivity contribution in [2.75, 3.05) is 0 Å². The summed E-state index contributed by atoms with van der Waals surface area (Å²) < 4.78 is 5.45. The third-order valence-electron chi connectivity index (χ3n) is 3.89. The van der Waals surface area contributed by atoms with Crippen molar-refractivity contribution in [3.8, 4) is 17.1 Å². The van der Waals surface area contributed by atoms with Crippen LogP contribution in [0, 0.1) is 0 Å². The van der Waals surface area contributed by atoms with Crippen molar-refractivity contribution >= 4 is 45.8 Å². The van der Waals surface area contributed by atoms with Gasteiger partial charge in [0.15, 0.2) is 0 Å². The van der Waals surface area contributed by atoms with Crippen LogP contribution in [-0.4, -0.2) is 21.8 Å². The Bertz CT molecular complexity index is 1160. The number of halogens is 1. The summed E-state index contributed by atoms with van der Waals surface area (Å²) in [4.78, 5) is 31.6. The summed E-state index contributed by atoms with van der Waals surface area (Å²) in [5, 5.41) is 0. The van der Waals surface area contributed by atoms with E-state index in [0.717, 1.165) is 11.1 Å². The Labute approximate surface area is 162 Å². The van der Waals surface area contributed by atoms with E-state index in [9.17, 15) is 9.59 Å². The Morgan fingerprint density at radius 2 is 1.85 bits per heavy atom. The molecule has 8 heteroatoms. The van der Waals surface area contributed by atoms with E-state index in [-0.39, 0.29) is 5.78 Å². The van der Waals surface area contributed by atoms with E-state index >= 15 is 0 Å². The molecule has 27 heavy (non-hydrogen) atoms. The summed E-state index contributed by atoms with van der Waals surface area (Å²) in [6.07, 6.45) is -0.874. The number of imidazole rings is 1. The van der Waals surface area contributed by atoms with E-state index in [1.54, 1.807) is 42.5 Å². The monoisotopic (exact) mass is 397 g/mol. The first kappa shape index (κ1) is 17.3. The summed E-state index contributed by atoms with van der Waals surface area (Å²) in [5.41, 5.74) is 7.85. The quantitative estimate of drug-likeness (QED) is 0.490. The van der Waals surface area contributed by atoms with Crippen LogP contribution in [0.25, 0.3) is 22.4 Å². The minimum absolute atomic E-state index is 0.0729. The number of aromatic amines is 1. The van der Waals surface area contributed by atoms with Gasteiger partial charge in [0.25, 0.3) is 0 Å². The Balaban J connectivity index is 1.61. The number of aromatic nitrogens is 2. The number of nitrogens with two attached hydrogens (primary N) is 1. The van der Waals surface area contributed by atoms with Gasteiger partial charge in [0.2, 0.25) is 5.78 Å². The molecule has 0 fully saturated rings. The maximum atomic E-state index is 12.5. The van der Waals surface area contributed by atoms with Crippen LogP contribution in [-0.2, 0) is 0 Å². The molecule has 1 amide bonds. The van der Waals surface area contributed by atoms with Crippen molar-refractivity contribution in [3.05, 3.63) is 69.4 Å². The van der Waals surface area contributed by atoms with Crippen molar-refractivity contribution in [1.29, 1.82) is 0 Å². The Morgan fingerprint density at radius 1 is 1.07 bits per heavy atom. The van der Waals surface area contributed by atoms with Crippen molar-refractivity contribution in [2.45, 2.75) is 0 Å². The topological polar surface area (TPSA) is 98.1 Å². The lowest BCUT2D eigenvalue weighted by Gasteiger charge is -2.00. The van der Waals surface area contributed by atoms with Gasteiger partial charge in [0, 0.05) is 17.2 Å². The zero-order chi connectivity index (χ0) is 19.0. The summed E-state index contributed by atoms with van der Waals surface area (Å²) in [6, 6.07) is 15.6. The normalized spacial score (nSPS) is 10.9. The van der Waals surface area contributed by atoms with Gasteiger partial charge in [-0.2, -0.15) is 0 Å². The van der Waals surface area contributed by atoms with Crippen LogP contribution >= 0.6 is 22.9 Å². The van der Waals surface area contributed by atoms with Crippen LogP contribution < -0.4 is 10.5 Å². The maximum absolute atomic E-state index is 12.5. The molecule has 0 saturated carbocycles. The average Bonchev–Trinajstić information content (AvgIpc) is 3.26. The zero-order valence-corrected chi connectivity index (χ0v) is 15.3. The number of H-pyrrole nitrogens is 1. The third kappa shape index (κ3) is 3.55. The number of rotatable bonds is 4. The summed E-state index contributed by atoms with van der Waals surface area (Å²) in [6.45, 7) is 0. The van der Waals surface area contributed by atoms with Crippen molar-refractivity contribution in [2.24, 2.45) is 5.73 Å². The number of nitrogens with one attached hydrogen (secondary N) is 1. The number of ether oxygens (including phenoxy) is 1. The number of nitrogens with zero attached hydrogens (tertiary/aromatic N) is 1. The molecule has 0 bridgehead atoms. The average molecular weight is 398 g/mol. The highest BCUT2D eigenvalue weighted by atomic mass is 35.5. The molecule has 2 heterocycles. The van der Waals surface area contributed by atoms with E-state index in [1.165, 1.54) is 11.3 Å². The smallest absolute Gasteiger partial charge is 0.409 e. The third-order valence-corrected chi connectivity index (χ3v) is 5.12. The van der Waals surface area contributed by atoms with Gasteiger partial charge in [-0.3, -0.25) is 4.79 Å². The van der Waals surface area contributed by atoms with Gasteiger partial charge in [-0.05, 0) is 24.3 Å². The van der Waals surface area contributed by atoms with Crippen molar-refractivity contribution < 1.29 is 14.3 Å². The van der Waals surface area contributed by atoms with Gasteiger partial charge >= 0.3 is 6.09 Å². The fraction of sp³-hybridized carbons (Fsp3) is 0. The predicted octanol–water partition coefficient (Wildman–Crippen LogP) is 4.63. The number of hydrogen-bond donors (Lipinski definition) is 2. The molecule has 0 spiro atoms. The minimum atomic E-state index is -0.874. The summed E-state index contributed by atoms with van der Waals surface area (Å²) in [5.74, 6) is 0.899. The van der Waals surface area contributed by atoms with E-state index in [0.29, 0.717) is 31.9 Å². The highest BCUT2D eigenvalue weighted by Crippen LogP contribution is 2.26. The Hall–Kier alpha value is -3.16. The van der Waals surface area contributed by atoms with Gasteiger partial charge in [0.1, 0.15) is 11.6 Å². The van der Waals surface area contributed by atoms with E-state index in [4.69, 9.17) is 22.1 Å². The number of benzene rings is 2. The van der Waals surface area contributed by atoms with Gasteiger partial charge in [-0.1, -0.05) is 35.9 Å². The van der Waals surface area contributed by atoms with Gasteiger partial charge in [0.05, 0.1) is 20.2 Å². The molecule has 0 aliphatic carbocycles. The first-order valence-corrected chi connectivity index (χ1v) is 9.06. The molecule has 0 aliphatic heterocycles. The highest BCUT2D eigenvalue weighted by molar-refractivity contribution is 7.18. The van der Waals surface area contributed by atoms with Crippen LogP contribution in [0.4, 0.5) is 4.79 Å². The Kier molecular flexibility index (Phi) is 4.39. The van der Waals surface area contributed by atoms with Crippen LogP contribution in [0.3, 0.4) is 0 Å². The number of thiophene rings is 1. The minimum Gasteiger partial charge on any atom is -0.410 e. The molecule has 2 aromatic carbocycles. The zero-order valence-electron chi connectivity index (χ0n) is 13.7. The number of fused-ring (bicyclic) bond motifs is 1. The molecular weight excluding hydrogens is 386 g/mol.